The lowest BCUT2D eigenvalue weighted by Gasteiger charge is -2.24. The number of amides is 1. The molecule has 0 heterocycles. The van der Waals surface area contributed by atoms with Crippen LogP contribution in [-0.2, 0) is 9.53 Å². The van der Waals surface area contributed by atoms with Crippen molar-refractivity contribution >= 4 is 5.91 Å². The highest BCUT2D eigenvalue weighted by molar-refractivity contribution is 5.78. The Balaban J connectivity index is 3.71. The van der Waals surface area contributed by atoms with Crippen molar-refractivity contribution in [3.05, 3.63) is 0 Å². The summed E-state index contributed by atoms with van der Waals surface area (Å²) in [6.07, 6.45) is 1.95. The van der Waals surface area contributed by atoms with Crippen LogP contribution in [0.3, 0.4) is 0 Å². The van der Waals surface area contributed by atoms with Crippen LogP contribution in [0.4, 0.5) is 0 Å². The molecule has 0 spiro atoms. The van der Waals surface area contributed by atoms with Crippen LogP contribution in [0.25, 0.3) is 0 Å². The molecule has 102 valence electrons. The lowest BCUT2D eigenvalue weighted by atomic mass is 9.90. The summed E-state index contributed by atoms with van der Waals surface area (Å²) < 4.78 is 5.07. The van der Waals surface area contributed by atoms with E-state index < -0.39 is 0 Å². The van der Waals surface area contributed by atoms with E-state index in [9.17, 15) is 4.79 Å². The lowest BCUT2D eigenvalue weighted by molar-refractivity contribution is -0.120. The fraction of sp³-hybridized carbons (Fsp3) is 0.923. The van der Waals surface area contributed by atoms with Gasteiger partial charge in [-0.05, 0) is 25.2 Å². The predicted octanol–water partition coefficient (Wildman–Crippen LogP) is 1.55. The molecule has 0 fully saturated rings. The highest BCUT2D eigenvalue weighted by Gasteiger charge is 2.17. The monoisotopic (exact) mass is 244 g/mol. The van der Waals surface area contributed by atoms with Crippen LogP contribution in [-0.4, -0.2) is 38.8 Å². The molecule has 0 bridgehead atoms. The minimum Gasteiger partial charge on any atom is -0.385 e. The highest BCUT2D eigenvalue weighted by atomic mass is 16.5. The molecule has 1 atom stereocenters. The van der Waals surface area contributed by atoms with E-state index in [1.165, 1.54) is 0 Å². The fourth-order valence-electron chi connectivity index (χ4n) is 1.41. The van der Waals surface area contributed by atoms with Crippen LogP contribution in [0.15, 0.2) is 0 Å². The van der Waals surface area contributed by atoms with Gasteiger partial charge in [-0.1, -0.05) is 20.8 Å². The number of carbonyl (C=O) groups is 1. The molecule has 1 unspecified atom stereocenters. The molecule has 0 aromatic heterocycles. The number of hydrogen-bond acceptors (Lipinski definition) is 3. The molecule has 17 heavy (non-hydrogen) atoms. The minimum atomic E-state index is 0.0712. The van der Waals surface area contributed by atoms with E-state index in [1.54, 1.807) is 7.11 Å². The summed E-state index contributed by atoms with van der Waals surface area (Å²) >= 11 is 0. The Morgan fingerprint density at radius 1 is 1.41 bits per heavy atom. The largest absolute Gasteiger partial charge is 0.385 e. The van der Waals surface area contributed by atoms with Gasteiger partial charge in [0.1, 0.15) is 0 Å². The Kier molecular flexibility index (Phi) is 8.17. The fourth-order valence-corrected chi connectivity index (χ4v) is 1.41. The van der Waals surface area contributed by atoms with Crippen LogP contribution in [0, 0.1) is 5.41 Å². The van der Waals surface area contributed by atoms with E-state index >= 15 is 0 Å². The van der Waals surface area contributed by atoms with E-state index in [1.807, 2.05) is 6.92 Å². The highest BCUT2D eigenvalue weighted by Crippen LogP contribution is 2.18. The Morgan fingerprint density at radius 2 is 2.06 bits per heavy atom. The van der Waals surface area contributed by atoms with Gasteiger partial charge in [-0.25, -0.2) is 0 Å². The van der Waals surface area contributed by atoms with Crippen molar-refractivity contribution in [3.63, 3.8) is 0 Å². The SMILES string of the molecule is CCC(C)NC(=O)CNCC(C)(C)CCOC. The van der Waals surface area contributed by atoms with E-state index in [2.05, 4.69) is 31.4 Å². The third kappa shape index (κ3) is 9.12. The number of methoxy groups -OCH3 is 1. The molecule has 0 saturated heterocycles. The van der Waals surface area contributed by atoms with Crippen molar-refractivity contribution in [2.75, 3.05) is 26.8 Å². The molecule has 0 aliphatic carbocycles. The zero-order valence-corrected chi connectivity index (χ0v) is 11.9. The molecule has 0 radical (unpaired) electrons. The van der Waals surface area contributed by atoms with Crippen molar-refractivity contribution in [1.82, 2.24) is 10.6 Å². The molecule has 0 aliphatic rings. The van der Waals surface area contributed by atoms with Crippen LogP contribution >= 0.6 is 0 Å². The maximum absolute atomic E-state index is 11.5. The average Bonchev–Trinajstić information content (AvgIpc) is 2.26. The van der Waals surface area contributed by atoms with Gasteiger partial charge in [0.05, 0.1) is 6.54 Å². The summed E-state index contributed by atoms with van der Waals surface area (Å²) in [5.74, 6) is 0.0712. The second-order valence-electron chi connectivity index (χ2n) is 5.39. The van der Waals surface area contributed by atoms with E-state index in [-0.39, 0.29) is 17.4 Å². The van der Waals surface area contributed by atoms with Crippen LogP contribution in [0.2, 0.25) is 0 Å². The minimum absolute atomic E-state index is 0.0712. The van der Waals surface area contributed by atoms with Crippen molar-refractivity contribution in [2.24, 2.45) is 5.41 Å². The molecule has 4 heteroatoms. The molecule has 0 saturated carbocycles. The Hall–Kier alpha value is -0.610. The van der Waals surface area contributed by atoms with Gasteiger partial charge in [0.15, 0.2) is 0 Å². The van der Waals surface area contributed by atoms with E-state index in [4.69, 9.17) is 4.74 Å². The van der Waals surface area contributed by atoms with Crippen molar-refractivity contribution in [3.8, 4) is 0 Å². The summed E-state index contributed by atoms with van der Waals surface area (Å²) in [6.45, 7) is 10.4. The average molecular weight is 244 g/mol. The summed E-state index contributed by atoms with van der Waals surface area (Å²) in [7, 11) is 1.71. The van der Waals surface area contributed by atoms with Gasteiger partial charge in [-0.2, -0.15) is 0 Å². The number of carbonyl (C=O) groups excluding carboxylic acids is 1. The second-order valence-corrected chi connectivity index (χ2v) is 5.39. The zero-order chi connectivity index (χ0) is 13.3. The summed E-state index contributed by atoms with van der Waals surface area (Å²) in [6, 6.07) is 0.255. The summed E-state index contributed by atoms with van der Waals surface area (Å²) in [4.78, 5) is 11.5. The topological polar surface area (TPSA) is 50.4 Å². The summed E-state index contributed by atoms with van der Waals surface area (Å²) in [5.41, 5.74) is 0.159. The molecule has 0 aliphatic heterocycles. The Bertz CT molecular complexity index is 217. The molecular weight excluding hydrogens is 216 g/mol. The van der Waals surface area contributed by atoms with Gasteiger partial charge in [0.2, 0.25) is 5.91 Å². The number of nitrogens with one attached hydrogen (secondary N) is 2. The molecule has 4 nitrogen and oxygen atoms in total. The van der Waals surface area contributed by atoms with Gasteiger partial charge in [-0.15, -0.1) is 0 Å². The smallest absolute Gasteiger partial charge is 0.234 e. The van der Waals surface area contributed by atoms with Gasteiger partial charge in [0.25, 0.3) is 0 Å². The van der Waals surface area contributed by atoms with Gasteiger partial charge in [0, 0.05) is 26.3 Å². The molecule has 0 aromatic carbocycles. The third-order valence-corrected chi connectivity index (χ3v) is 2.89. The lowest BCUT2D eigenvalue weighted by Crippen LogP contribution is -2.41. The first-order chi connectivity index (χ1) is 7.91. The van der Waals surface area contributed by atoms with Gasteiger partial charge < -0.3 is 15.4 Å². The van der Waals surface area contributed by atoms with Crippen LogP contribution in [0.5, 0.6) is 0 Å². The first kappa shape index (κ1) is 16.4. The van der Waals surface area contributed by atoms with E-state index in [0.717, 1.165) is 26.0 Å². The zero-order valence-electron chi connectivity index (χ0n) is 11.9. The second kappa shape index (κ2) is 8.48. The quantitative estimate of drug-likeness (QED) is 0.647. The summed E-state index contributed by atoms with van der Waals surface area (Å²) in [5, 5.41) is 6.13. The van der Waals surface area contributed by atoms with E-state index in [0.29, 0.717) is 6.54 Å². The third-order valence-electron chi connectivity index (χ3n) is 2.89. The van der Waals surface area contributed by atoms with Gasteiger partial charge >= 0.3 is 0 Å². The van der Waals surface area contributed by atoms with Gasteiger partial charge in [-0.3, -0.25) is 4.79 Å². The first-order valence-corrected chi connectivity index (χ1v) is 6.40. The molecular formula is C13H28N2O2. The maximum Gasteiger partial charge on any atom is 0.234 e. The van der Waals surface area contributed by atoms with Crippen molar-refractivity contribution in [2.45, 2.75) is 46.6 Å². The number of hydrogen-bond donors (Lipinski definition) is 2. The molecule has 1 amide bonds. The predicted molar refractivity (Wildman–Crippen MR) is 71.0 cm³/mol. The van der Waals surface area contributed by atoms with Crippen LogP contribution in [0.1, 0.15) is 40.5 Å². The van der Waals surface area contributed by atoms with Crippen molar-refractivity contribution < 1.29 is 9.53 Å². The van der Waals surface area contributed by atoms with Crippen LogP contribution < -0.4 is 10.6 Å². The molecule has 0 aromatic rings. The molecule has 2 N–H and O–H groups in total. The van der Waals surface area contributed by atoms with Crippen molar-refractivity contribution in [1.29, 1.82) is 0 Å². The first-order valence-electron chi connectivity index (χ1n) is 6.40. The Labute approximate surface area is 105 Å². The normalized spacial score (nSPS) is 13.5. The number of ether oxygens (including phenoxy) is 1. The Morgan fingerprint density at radius 3 is 2.59 bits per heavy atom. The molecule has 0 rings (SSSR count). The standard InChI is InChI=1S/C13H28N2O2/c1-6-11(2)15-12(16)9-14-10-13(3,4)7-8-17-5/h11,14H,6-10H2,1-5H3,(H,15,16). The maximum atomic E-state index is 11.5. The number of rotatable bonds is 9.